The summed E-state index contributed by atoms with van der Waals surface area (Å²) >= 11 is 0. The number of nitrogens with zero attached hydrogens (tertiary/aromatic N) is 5. The summed E-state index contributed by atoms with van der Waals surface area (Å²) in [6.45, 7) is 3.00. The Balaban J connectivity index is 1.45. The van der Waals surface area contributed by atoms with Gasteiger partial charge in [0.25, 0.3) is 0 Å². The Bertz CT molecular complexity index is 848. The molecule has 6 heteroatoms. The number of hydrogen-bond donors (Lipinski definition) is 0. The minimum absolute atomic E-state index is 0.379. The summed E-state index contributed by atoms with van der Waals surface area (Å²) in [7, 11) is 1.99. The molecule has 3 aromatic rings. The van der Waals surface area contributed by atoms with E-state index in [2.05, 4.69) is 21.0 Å². The molecule has 6 nitrogen and oxygen atoms in total. The second-order valence-corrected chi connectivity index (χ2v) is 6.72. The van der Waals surface area contributed by atoms with Crippen LogP contribution in [0.5, 0.6) is 11.6 Å². The van der Waals surface area contributed by atoms with Gasteiger partial charge in [-0.1, -0.05) is 18.2 Å². The Morgan fingerprint density at radius 1 is 1.15 bits per heavy atom. The molecule has 4 rings (SSSR count). The lowest BCUT2D eigenvalue weighted by atomic mass is 9.95. The molecular formula is C20H23N5O. The molecule has 0 aliphatic carbocycles. The highest BCUT2D eigenvalue weighted by Crippen LogP contribution is 2.28. The van der Waals surface area contributed by atoms with Crippen molar-refractivity contribution in [1.29, 1.82) is 0 Å². The lowest BCUT2D eigenvalue weighted by molar-refractivity contribution is 0.193. The van der Waals surface area contributed by atoms with Crippen LogP contribution in [0.15, 0.2) is 55.0 Å². The molecule has 0 radical (unpaired) electrons. The van der Waals surface area contributed by atoms with Gasteiger partial charge in [-0.15, -0.1) is 0 Å². The van der Waals surface area contributed by atoms with Gasteiger partial charge in [0.2, 0.25) is 5.88 Å². The number of benzene rings is 1. The SMILES string of the molecule is Cn1nccc1CN1CCCC(c2cncc(Oc3ccccc3)n2)C1. The molecule has 1 aliphatic heterocycles. The second kappa shape index (κ2) is 7.66. The summed E-state index contributed by atoms with van der Waals surface area (Å²) in [4.78, 5) is 11.5. The third kappa shape index (κ3) is 3.91. The zero-order valence-corrected chi connectivity index (χ0v) is 15.0. The lowest BCUT2D eigenvalue weighted by Crippen LogP contribution is -2.34. The van der Waals surface area contributed by atoms with E-state index in [9.17, 15) is 0 Å². The molecular weight excluding hydrogens is 326 g/mol. The van der Waals surface area contributed by atoms with E-state index in [1.165, 1.54) is 5.69 Å². The fraction of sp³-hybridized carbons (Fsp3) is 0.350. The van der Waals surface area contributed by atoms with E-state index in [0.717, 1.165) is 43.9 Å². The van der Waals surface area contributed by atoms with Crippen LogP contribution in [0.3, 0.4) is 0 Å². The van der Waals surface area contributed by atoms with Gasteiger partial charge in [-0.05, 0) is 37.6 Å². The first-order valence-corrected chi connectivity index (χ1v) is 9.02. The third-order valence-corrected chi connectivity index (χ3v) is 4.83. The van der Waals surface area contributed by atoms with Crippen molar-refractivity contribution < 1.29 is 4.74 Å². The van der Waals surface area contributed by atoms with Crippen molar-refractivity contribution in [2.24, 2.45) is 7.05 Å². The average Bonchev–Trinajstić information content (AvgIpc) is 3.08. The average molecular weight is 349 g/mol. The number of aromatic nitrogens is 4. The van der Waals surface area contributed by atoms with E-state index in [1.54, 1.807) is 6.20 Å². The van der Waals surface area contributed by atoms with E-state index in [0.29, 0.717) is 11.8 Å². The highest BCUT2D eigenvalue weighted by Gasteiger charge is 2.23. The van der Waals surface area contributed by atoms with Crippen molar-refractivity contribution in [3.05, 3.63) is 66.4 Å². The van der Waals surface area contributed by atoms with E-state index in [4.69, 9.17) is 9.72 Å². The van der Waals surface area contributed by atoms with Gasteiger partial charge >= 0.3 is 0 Å². The molecule has 1 aliphatic rings. The molecule has 1 unspecified atom stereocenters. The summed E-state index contributed by atoms with van der Waals surface area (Å²) in [5.74, 6) is 1.71. The molecule has 134 valence electrons. The molecule has 1 aromatic carbocycles. The number of ether oxygens (including phenoxy) is 1. The van der Waals surface area contributed by atoms with Crippen LogP contribution in [-0.4, -0.2) is 37.7 Å². The first kappa shape index (κ1) is 16.7. The van der Waals surface area contributed by atoms with Crippen molar-refractivity contribution in [3.8, 4) is 11.6 Å². The first-order valence-electron chi connectivity index (χ1n) is 9.02. The van der Waals surface area contributed by atoms with Gasteiger partial charge in [0.05, 0.1) is 17.6 Å². The lowest BCUT2D eigenvalue weighted by Gasteiger charge is -2.32. The van der Waals surface area contributed by atoms with Gasteiger partial charge in [-0.3, -0.25) is 14.6 Å². The highest BCUT2D eigenvalue weighted by atomic mass is 16.5. The summed E-state index contributed by atoms with van der Waals surface area (Å²) in [5.41, 5.74) is 2.24. The summed E-state index contributed by atoms with van der Waals surface area (Å²) in [6.07, 6.45) is 7.69. The van der Waals surface area contributed by atoms with Crippen molar-refractivity contribution in [3.63, 3.8) is 0 Å². The van der Waals surface area contributed by atoms with Crippen LogP contribution < -0.4 is 4.74 Å². The summed E-state index contributed by atoms with van der Waals surface area (Å²) < 4.78 is 7.78. The van der Waals surface area contributed by atoms with Crippen LogP contribution in [0, 0.1) is 0 Å². The molecule has 1 fully saturated rings. The monoisotopic (exact) mass is 349 g/mol. The Morgan fingerprint density at radius 3 is 2.85 bits per heavy atom. The minimum Gasteiger partial charge on any atom is -0.437 e. The number of hydrogen-bond acceptors (Lipinski definition) is 5. The second-order valence-electron chi connectivity index (χ2n) is 6.72. The third-order valence-electron chi connectivity index (χ3n) is 4.83. The Hall–Kier alpha value is -2.73. The molecule has 0 amide bonds. The Morgan fingerprint density at radius 2 is 2.04 bits per heavy atom. The van der Waals surface area contributed by atoms with Crippen LogP contribution in [0.4, 0.5) is 0 Å². The maximum absolute atomic E-state index is 5.84. The Labute approximate surface area is 153 Å². The molecule has 0 spiro atoms. The maximum Gasteiger partial charge on any atom is 0.238 e. The van der Waals surface area contributed by atoms with Crippen molar-refractivity contribution in [2.75, 3.05) is 13.1 Å². The zero-order chi connectivity index (χ0) is 17.8. The van der Waals surface area contributed by atoms with Crippen LogP contribution >= 0.6 is 0 Å². The predicted molar refractivity (Wildman–Crippen MR) is 99.0 cm³/mol. The fourth-order valence-electron chi connectivity index (χ4n) is 3.44. The molecule has 3 heterocycles. The molecule has 0 bridgehead atoms. The van der Waals surface area contributed by atoms with Crippen LogP contribution in [0.1, 0.15) is 30.1 Å². The molecule has 0 saturated carbocycles. The van der Waals surface area contributed by atoms with Gasteiger partial charge in [0.1, 0.15) is 5.75 Å². The number of aryl methyl sites for hydroxylation is 1. The standard InChI is InChI=1S/C20H23N5O/c1-24-17(9-10-22-24)15-25-11-5-6-16(14-25)19-12-21-13-20(23-19)26-18-7-3-2-4-8-18/h2-4,7-10,12-13,16H,5-6,11,14-15H2,1H3. The smallest absolute Gasteiger partial charge is 0.238 e. The quantitative estimate of drug-likeness (QED) is 0.707. The van der Waals surface area contributed by atoms with Gasteiger partial charge in [0, 0.05) is 38.4 Å². The first-order chi connectivity index (χ1) is 12.8. The van der Waals surface area contributed by atoms with Gasteiger partial charge in [-0.25, -0.2) is 4.98 Å². The van der Waals surface area contributed by atoms with E-state index in [1.807, 2.05) is 54.5 Å². The number of piperidine rings is 1. The molecule has 1 atom stereocenters. The topological polar surface area (TPSA) is 56.1 Å². The van der Waals surface area contributed by atoms with E-state index < -0.39 is 0 Å². The number of para-hydroxylation sites is 1. The minimum atomic E-state index is 0.379. The largest absolute Gasteiger partial charge is 0.437 e. The van der Waals surface area contributed by atoms with E-state index in [-0.39, 0.29) is 0 Å². The number of likely N-dealkylation sites (tertiary alicyclic amines) is 1. The van der Waals surface area contributed by atoms with Crippen molar-refractivity contribution in [2.45, 2.75) is 25.3 Å². The van der Waals surface area contributed by atoms with Gasteiger partial charge in [-0.2, -0.15) is 5.10 Å². The van der Waals surface area contributed by atoms with Crippen LogP contribution in [0.25, 0.3) is 0 Å². The van der Waals surface area contributed by atoms with E-state index >= 15 is 0 Å². The van der Waals surface area contributed by atoms with Crippen molar-refractivity contribution in [1.82, 2.24) is 24.6 Å². The van der Waals surface area contributed by atoms with Gasteiger partial charge < -0.3 is 4.74 Å². The highest BCUT2D eigenvalue weighted by molar-refractivity contribution is 5.26. The zero-order valence-electron chi connectivity index (χ0n) is 15.0. The molecule has 1 saturated heterocycles. The number of rotatable bonds is 5. The molecule has 2 aromatic heterocycles. The summed E-state index contributed by atoms with van der Waals surface area (Å²) in [5, 5.41) is 4.26. The molecule has 0 N–H and O–H groups in total. The fourth-order valence-corrected chi connectivity index (χ4v) is 3.44. The van der Waals surface area contributed by atoms with Gasteiger partial charge in [0.15, 0.2) is 0 Å². The van der Waals surface area contributed by atoms with Crippen LogP contribution in [-0.2, 0) is 13.6 Å². The van der Waals surface area contributed by atoms with Crippen molar-refractivity contribution >= 4 is 0 Å². The Kier molecular flexibility index (Phi) is 4.93. The maximum atomic E-state index is 5.84. The normalized spacial score (nSPS) is 18.0. The predicted octanol–water partition coefficient (Wildman–Crippen LogP) is 3.38. The molecule has 26 heavy (non-hydrogen) atoms. The van der Waals surface area contributed by atoms with Crippen LogP contribution in [0.2, 0.25) is 0 Å². The summed E-state index contributed by atoms with van der Waals surface area (Å²) in [6, 6.07) is 11.8.